The Balaban J connectivity index is 1.67. The maximum atomic E-state index is 12.0. The molecule has 1 aliphatic heterocycles. The average molecular weight is 338 g/mol. The fraction of sp³-hybridized carbons (Fsp3) is 0.421. The average Bonchev–Trinajstić information content (AvgIpc) is 2.92. The van der Waals surface area contributed by atoms with Crippen LogP contribution < -0.4 is 0 Å². The predicted molar refractivity (Wildman–Crippen MR) is 94.0 cm³/mol. The van der Waals surface area contributed by atoms with Gasteiger partial charge in [0.1, 0.15) is 5.60 Å². The van der Waals surface area contributed by atoms with Gasteiger partial charge >= 0.3 is 6.09 Å². The fourth-order valence-electron chi connectivity index (χ4n) is 2.80. The summed E-state index contributed by atoms with van der Waals surface area (Å²) in [6, 6.07) is 8.10. The third-order valence-corrected chi connectivity index (χ3v) is 4.03. The second-order valence-corrected chi connectivity index (χ2v) is 7.45. The van der Waals surface area contributed by atoms with E-state index in [1.165, 1.54) is 0 Å². The summed E-state index contributed by atoms with van der Waals surface area (Å²) in [4.78, 5) is 13.7. The molecule has 0 atom stereocenters. The van der Waals surface area contributed by atoms with Gasteiger partial charge in [-0.2, -0.15) is 10.4 Å². The highest BCUT2D eigenvalue weighted by atomic mass is 16.6. The van der Waals surface area contributed by atoms with Crippen molar-refractivity contribution in [3.05, 3.63) is 41.7 Å². The van der Waals surface area contributed by atoms with Gasteiger partial charge in [-0.1, -0.05) is 6.07 Å². The summed E-state index contributed by atoms with van der Waals surface area (Å²) in [6.07, 6.45) is 3.48. The first-order valence-electron chi connectivity index (χ1n) is 8.29. The number of hydrogen-bond donors (Lipinski definition) is 0. The number of amides is 1. The molecule has 0 spiro atoms. The van der Waals surface area contributed by atoms with Crippen molar-refractivity contribution in [1.82, 2.24) is 14.7 Å². The number of aryl methyl sites for hydroxylation is 1. The molecule has 1 aromatic carbocycles. The van der Waals surface area contributed by atoms with Crippen LogP contribution in [-0.2, 0) is 4.74 Å². The molecule has 0 bridgehead atoms. The lowest BCUT2D eigenvalue weighted by molar-refractivity contribution is -0.000381. The Morgan fingerprint density at radius 2 is 2.00 bits per heavy atom. The molecule has 0 radical (unpaired) electrons. The number of hydrogen-bond acceptors (Lipinski definition) is 4. The van der Waals surface area contributed by atoms with Gasteiger partial charge in [0.05, 0.1) is 23.9 Å². The van der Waals surface area contributed by atoms with Crippen LogP contribution in [0.15, 0.2) is 30.6 Å². The van der Waals surface area contributed by atoms with Crippen LogP contribution in [0.2, 0.25) is 0 Å². The lowest BCUT2D eigenvalue weighted by Crippen LogP contribution is -2.52. The van der Waals surface area contributed by atoms with E-state index >= 15 is 0 Å². The Bertz CT molecular complexity index is 836. The Kier molecular flexibility index (Phi) is 4.25. The second-order valence-electron chi connectivity index (χ2n) is 7.45. The highest BCUT2D eigenvalue weighted by Gasteiger charge is 2.35. The monoisotopic (exact) mass is 338 g/mol. The standard InChI is InChI=1S/C19H22N4O2/c1-13-5-14(8-20)7-15(6-13)16-9-21-23(10-16)17-11-22(12-17)18(24)25-19(2,3)4/h5-7,9-10,17H,11-12H2,1-4H3. The zero-order valence-electron chi connectivity index (χ0n) is 15.0. The van der Waals surface area contributed by atoms with Crippen molar-refractivity contribution >= 4 is 6.09 Å². The van der Waals surface area contributed by atoms with E-state index in [0.29, 0.717) is 18.7 Å². The Labute approximate surface area is 147 Å². The molecule has 3 rings (SSSR count). The number of ether oxygens (including phenoxy) is 1. The molecule has 6 heteroatoms. The molecular weight excluding hydrogens is 316 g/mol. The van der Waals surface area contributed by atoms with Crippen LogP contribution in [0.5, 0.6) is 0 Å². The van der Waals surface area contributed by atoms with E-state index in [2.05, 4.69) is 11.2 Å². The van der Waals surface area contributed by atoms with E-state index in [9.17, 15) is 4.79 Å². The largest absolute Gasteiger partial charge is 0.444 e. The molecule has 130 valence electrons. The van der Waals surface area contributed by atoms with Gasteiger partial charge in [-0.3, -0.25) is 4.68 Å². The number of likely N-dealkylation sites (tertiary alicyclic amines) is 1. The summed E-state index contributed by atoms with van der Waals surface area (Å²) < 4.78 is 7.25. The number of aromatic nitrogens is 2. The van der Waals surface area contributed by atoms with Gasteiger partial charge in [0.25, 0.3) is 0 Å². The Morgan fingerprint density at radius 3 is 2.64 bits per heavy atom. The smallest absolute Gasteiger partial charge is 0.410 e. The Hall–Kier alpha value is -2.81. The molecule has 1 aromatic heterocycles. The van der Waals surface area contributed by atoms with Crippen molar-refractivity contribution in [3.8, 4) is 17.2 Å². The maximum Gasteiger partial charge on any atom is 0.410 e. The minimum absolute atomic E-state index is 0.154. The number of nitriles is 1. The second kappa shape index (κ2) is 6.25. The molecule has 0 saturated carbocycles. The van der Waals surface area contributed by atoms with E-state index in [4.69, 9.17) is 10.00 Å². The van der Waals surface area contributed by atoms with Crippen molar-refractivity contribution in [2.75, 3.05) is 13.1 Å². The number of rotatable bonds is 2. The van der Waals surface area contributed by atoms with Crippen LogP contribution >= 0.6 is 0 Å². The van der Waals surface area contributed by atoms with Crippen molar-refractivity contribution in [2.24, 2.45) is 0 Å². The van der Waals surface area contributed by atoms with E-state index in [1.54, 1.807) is 11.1 Å². The van der Waals surface area contributed by atoms with Gasteiger partial charge < -0.3 is 9.64 Å². The molecule has 1 fully saturated rings. The molecule has 25 heavy (non-hydrogen) atoms. The first-order valence-corrected chi connectivity index (χ1v) is 8.29. The SMILES string of the molecule is Cc1cc(C#N)cc(-c2cnn(C3CN(C(=O)OC(C)(C)C)C3)c2)c1. The van der Waals surface area contributed by atoms with E-state index < -0.39 is 5.60 Å². The first kappa shape index (κ1) is 17.0. The highest BCUT2D eigenvalue weighted by Crippen LogP contribution is 2.27. The molecule has 0 aliphatic carbocycles. The van der Waals surface area contributed by atoms with E-state index in [0.717, 1.165) is 16.7 Å². The van der Waals surface area contributed by atoms with Gasteiger partial charge in [-0.15, -0.1) is 0 Å². The molecule has 1 saturated heterocycles. The molecule has 6 nitrogen and oxygen atoms in total. The summed E-state index contributed by atoms with van der Waals surface area (Å²) >= 11 is 0. The van der Waals surface area contributed by atoms with Crippen molar-refractivity contribution < 1.29 is 9.53 Å². The van der Waals surface area contributed by atoms with Crippen molar-refractivity contribution in [1.29, 1.82) is 5.26 Å². The van der Waals surface area contributed by atoms with E-state index in [-0.39, 0.29) is 12.1 Å². The summed E-state index contributed by atoms with van der Waals surface area (Å²) in [7, 11) is 0. The lowest BCUT2D eigenvalue weighted by atomic mass is 10.0. The third-order valence-electron chi connectivity index (χ3n) is 4.03. The number of carbonyl (C=O) groups is 1. The number of benzene rings is 1. The molecule has 1 aliphatic rings. The number of nitrogens with zero attached hydrogens (tertiary/aromatic N) is 4. The lowest BCUT2D eigenvalue weighted by Gasteiger charge is -2.39. The quantitative estimate of drug-likeness (QED) is 0.840. The summed E-state index contributed by atoms with van der Waals surface area (Å²) in [5.41, 5.74) is 3.15. The maximum absolute atomic E-state index is 12.0. The van der Waals surface area contributed by atoms with Crippen LogP contribution in [0.25, 0.3) is 11.1 Å². The first-order chi connectivity index (χ1) is 11.7. The molecule has 0 N–H and O–H groups in total. The van der Waals surface area contributed by atoms with Gasteiger partial charge in [0.15, 0.2) is 0 Å². The molecule has 2 heterocycles. The van der Waals surface area contributed by atoms with Crippen LogP contribution in [0.4, 0.5) is 4.79 Å². The normalized spacial score (nSPS) is 14.8. The Morgan fingerprint density at radius 1 is 1.28 bits per heavy atom. The molecular formula is C19H22N4O2. The van der Waals surface area contributed by atoms with Gasteiger partial charge in [0, 0.05) is 24.8 Å². The van der Waals surface area contributed by atoms with Crippen LogP contribution in [-0.4, -0.2) is 39.5 Å². The topological polar surface area (TPSA) is 71.2 Å². The zero-order valence-corrected chi connectivity index (χ0v) is 15.0. The van der Waals surface area contributed by atoms with E-state index in [1.807, 2.05) is 56.8 Å². The van der Waals surface area contributed by atoms with Gasteiger partial charge in [-0.25, -0.2) is 4.79 Å². The van der Waals surface area contributed by atoms with Crippen molar-refractivity contribution in [2.45, 2.75) is 39.3 Å². The molecule has 0 unspecified atom stereocenters. The van der Waals surface area contributed by atoms with Crippen LogP contribution in [0.3, 0.4) is 0 Å². The van der Waals surface area contributed by atoms with Gasteiger partial charge in [0.2, 0.25) is 0 Å². The summed E-state index contributed by atoms with van der Waals surface area (Å²) in [5, 5.41) is 13.5. The van der Waals surface area contributed by atoms with Crippen LogP contribution in [0.1, 0.15) is 37.9 Å². The van der Waals surface area contributed by atoms with Crippen LogP contribution in [0, 0.1) is 18.3 Å². The van der Waals surface area contributed by atoms with Crippen molar-refractivity contribution in [3.63, 3.8) is 0 Å². The minimum Gasteiger partial charge on any atom is -0.444 e. The third kappa shape index (κ3) is 3.82. The summed E-state index contributed by atoms with van der Waals surface area (Å²) in [6.45, 7) is 8.73. The molecule has 1 amide bonds. The van der Waals surface area contributed by atoms with Gasteiger partial charge in [-0.05, 0) is 51.0 Å². The molecule has 2 aromatic rings. The highest BCUT2D eigenvalue weighted by molar-refractivity contribution is 5.69. The number of carbonyl (C=O) groups excluding carboxylic acids is 1. The minimum atomic E-state index is -0.481. The summed E-state index contributed by atoms with van der Waals surface area (Å²) in [5.74, 6) is 0. The fourth-order valence-corrected chi connectivity index (χ4v) is 2.80. The predicted octanol–water partition coefficient (Wildman–Crippen LogP) is 3.52. The zero-order chi connectivity index (χ0) is 18.2.